The van der Waals surface area contributed by atoms with Crippen molar-refractivity contribution in [2.45, 2.75) is 6.92 Å². The molecule has 1 saturated heterocycles. The van der Waals surface area contributed by atoms with Crippen LogP contribution in [0.2, 0.25) is 0 Å². The molecule has 2 aromatic heterocycles. The van der Waals surface area contributed by atoms with E-state index in [1.807, 2.05) is 43.5 Å². The normalized spacial score (nSPS) is 14.3. The zero-order valence-electron chi connectivity index (χ0n) is 15.1. The van der Waals surface area contributed by atoms with Gasteiger partial charge in [0, 0.05) is 31.4 Å². The molecule has 0 bridgehead atoms. The van der Waals surface area contributed by atoms with Crippen LogP contribution in [0.4, 0.5) is 16.6 Å². The van der Waals surface area contributed by atoms with Crippen molar-refractivity contribution in [1.29, 1.82) is 0 Å². The van der Waals surface area contributed by atoms with Crippen LogP contribution in [0.5, 0.6) is 0 Å². The third kappa shape index (κ3) is 3.85. The highest BCUT2D eigenvalue weighted by Gasteiger charge is 2.13. The topological polar surface area (TPSA) is 92.5 Å². The van der Waals surface area contributed by atoms with Crippen molar-refractivity contribution in [2.24, 2.45) is 0 Å². The van der Waals surface area contributed by atoms with E-state index in [4.69, 9.17) is 9.15 Å². The Morgan fingerprint density at radius 3 is 2.74 bits per heavy atom. The third-order valence-corrected chi connectivity index (χ3v) is 4.36. The number of pyridine rings is 1. The predicted octanol–water partition coefficient (Wildman–Crippen LogP) is 2.87. The van der Waals surface area contributed by atoms with Gasteiger partial charge in [-0.05, 0) is 36.8 Å². The summed E-state index contributed by atoms with van der Waals surface area (Å²) >= 11 is 0. The third-order valence-electron chi connectivity index (χ3n) is 4.36. The van der Waals surface area contributed by atoms with Crippen molar-refractivity contribution in [1.82, 2.24) is 15.3 Å². The van der Waals surface area contributed by atoms with E-state index in [1.165, 1.54) is 0 Å². The number of morpholine rings is 1. The minimum absolute atomic E-state index is 0.175. The Morgan fingerprint density at radius 1 is 1.19 bits per heavy atom. The summed E-state index contributed by atoms with van der Waals surface area (Å²) in [6, 6.07) is 9.63. The van der Waals surface area contributed by atoms with E-state index in [2.05, 4.69) is 25.5 Å². The minimum Gasteiger partial charge on any atom is -0.423 e. The monoisotopic (exact) mass is 367 g/mol. The molecule has 3 heterocycles. The Bertz CT molecular complexity index is 932. The fourth-order valence-corrected chi connectivity index (χ4v) is 3.00. The molecule has 2 N–H and O–H groups in total. The van der Waals surface area contributed by atoms with Gasteiger partial charge in [0.1, 0.15) is 11.3 Å². The van der Waals surface area contributed by atoms with Gasteiger partial charge in [0.05, 0.1) is 13.2 Å². The highest BCUT2D eigenvalue weighted by molar-refractivity contribution is 5.89. The number of aromatic nitrogens is 2. The average Bonchev–Trinajstić information content (AvgIpc) is 3.10. The van der Waals surface area contributed by atoms with Crippen LogP contribution in [0, 0.1) is 0 Å². The number of nitrogens with one attached hydrogen (secondary N) is 2. The molecule has 140 valence electrons. The maximum atomic E-state index is 11.6. The van der Waals surface area contributed by atoms with Crippen molar-refractivity contribution >= 4 is 29.0 Å². The van der Waals surface area contributed by atoms with E-state index in [0.29, 0.717) is 17.6 Å². The number of rotatable bonds is 4. The van der Waals surface area contributed by atoms with E-state index < -0.39 is 0 Å². The number of fused-ring (bicyclic) bond motifs is 1. The fourth-order valence-electron chi connectivity index (χ4n) is 3.00. The van der Waals surface area contributed by atoms with Gasteiger partial charge in [0.2, 0.25) is 0 Å². The van der Waals surface area contributed by atoms with Crippen LogP contribution in [0.25, 0.3) is 22.2 Å². The van der Waals surface area contributed by atoms with Crippen molar-refractivity contribution in [3.8, 4) is 11.1 Å². The van der Waals surface area contributed by atoms with Crippen molar-refractivity contribution < 1.29 is 13.9 Å². The first-order chi connectivity index (χ1) is 13.2. The second-order valence-corrected chi connectivity index (χ2v) is 6.19. The number of ether oxygens (including phenoxy) is 1. The summed E-state index contributed by atoms with van der Waals surface area (Å²) in [5.41, 5.74) is 3.27. The van der Waals surface area contributed by atoms with Gasteiger partial charge in [-0.15, -0.1) is 0 Å². The number of carbonyl (C=O) groups is 1. The molecule has 4 rings (SSSR count). The summed E-state index contributed by atoms with van der Waals surface area (Å²) < 4.78 is 10.9. The largest absolute Gasteiger partial charge is 0.423 e. The van der Waals surface area contributed by atoms with Crippen LogP contribution in [0.15, 0.2) is 40.9 Å². The van der Waals surface area contributed by atoms with Crippen molar-refractivity contribution in [3.63, 3.8) is 0 Å². The highest BCUT2D eigenvalue weighted by atomic mass is 16.5. The lowest BCUT2D eigenvalue weighted by molar-refractivity contribution is 0.122. The fraction of sp³-hybridized carbons (Fsp3) is 0.316. The molecule has 0 unspecified atom stereocenters. The van der Waals surface area contributed by atoms with Crippen LogP contribution in [-0.2, 0) is 4.74 Å². The zero-order valence-corrected chi connectivity index (χ0v) is 15.1. The van der Waals surface area contributed by atoms with E-state index in [-0.39, 0.29) is 12.0 Å². The summed E-state index contributed by atoms with van der Waals surface area (Å²) in [6.07, 6.45) is 1.86. The molecule has 0 atom stereocenters. The van der Waals surface area contributed by atoms with Crippen molar-refractivity contribution in [2.75, 3.05) is 43.1 Å². The number of urea groups is 1. The van der Waals surface area contributed by atoms with Crippen LogP contribution < -0.4 is 15.5 Å². The highest BCUT2D eigenvalue weighted by Crippen LogP contribution is 2.27. The Hall–Kier alpha value is -3.13. The predicted molar refractivity (Wildman–Crippen MR) is 103 cm³/mol. The Morgan fingerprint density at radius 2 is 2.00 bits per heavy atom. The van der Waals surface area contributed by atoms with Gasteiger partial charge < -0.3 is 19.4 Å². The maximum absolute atomic E-state index is 11.6. The van der Waals surface area contributed by atoms with Gasteiger partial charge in [-0.1, -0.05) is 6.07 Å². The summed E-state index contributed by atoms with van der Waals surface area (Å²) in [5.74, 6) is 0.956. The zero-order chi connectivity index (χ0) is 18.6. The Kier molecular flexibility index (Phi) is 4.88. The summed E-state index contributed by atoms with van der Waals surface area (Å²) in [6.45, 7) is 5.56. The quantitative estimate of drug-likeness (QED) is 0.737. The lowest BCUT2D eigenvalue weighted by atomic mass is 10.1. The molecule has 1 aliphatic heterocycles. The van der Waals surface area contributed by atoms with E-state index in [9.17, 15) is 4.79 Å². The molecule has 8 nitrogen and oxygen atoms in total. The first-order valence-corrected chi connectivity index (χ1v) is 8.97. The molecule has 8 heteroatoms. The van der Waals surface area contributed by atoms with E-state index >= 15 is 0 Å². The number of carbonyl (C=O) groups excluding carboxylic acids is 1. The molecule has 0 aliphatic carbocycles. The summed E-state index contributed by atoms with van der Waals surface area (Å²) in [7, 11) is 0. The van der Waals surface area contributed by atoms with E-state index in [1.54, 1.807) is 0 Å². The molecule has 1 aromatic carbocycles. The molecule has 1 aliphatic rings. The van der Waals surface area contributed by atoms with Crippen LogP contribution in [0.1, 0.15) is 6.92 Å². The lowest BCUT2D eigenvalue weighted by Gasteiger charge is -2.27. The second-order valence-electron chi connectivity index (χ2n) is 6.19. The number of nitrogens with zero attached hydrogens (tertiary/aromatic N) is 3. The molecule has 27 heavy (non-hydrogen) atoms. The van der Waals surface area contributed by atoms with Crippen LogP contribution in [-0.4, -0.2) is 48.8 Å². The maximum Gasteiger partial charge on any atom is 0.322 e. The molecular weight excluding hydrogens is 346 g/mol. The molecular formula is C19H21N5O3. The summed E-state index contributed by atoms with van der Waals surface area (Å²) in [4.78, 5) is 22.7. The SMILES string of the molecule is CCNC(=O)Nc1nc2cc(-c3ccc(N4CCOCC4)nc3)ccc2o1. The van der Waals surface area contributed by atoms with Gasteiger partial charge in [-0.25, -0.2) is 9.78 Å². The Balaban J connectivity index is 1.53. The molecule has 0 radical (unpaired) electrons. The number of anilines is 2. The van der Waals surface area contributed by atoms with Gasteiger partial charge in [-0.2, -0.15) is 4.98 Å². The molecule has 1 fully saturated rings. The number of amides is 2. The molecule has 0 saturated carbocycles. The molecule has 2 amide bonds. The first kappa shape index (κ1) is 17.3. The average molecular weight is 367 g/mol. The van der Waals surface area contributed by atoms with Gasteiger partial charge >= 0.3 is 12.0 Å². The first-order valence-electron chi connectivity index (χ1n) is 8.97. The van der Waals surface area contributed by atoms with E-state index in [0.717, 1.165) is 43.2 Å². The second kappa shape index (κ2) is 7.63. The lowest BCUT2D eigenvalue weighted by Crippen LogP contribution is -2.36. The van der Waals surface area contributed by atoms with Gasteiger partial charge in [0.25, 0.3) is 0 Å². The standard InChI is InChI=1S/C19H21N5O3/c1-2-20-18(25)23-19-22-15-11-13(3-5-16(15)27-19)14-4-6-17(21-12-14)24-7-9-26-10-8-24/h3-6,11-12H,2,7-10H2,1H3,(H2,20,22,23,25). The van der Waals surface area contributed by atoms with Crippen molar-refractivity contribution in [3.05, 3.63) is 36.5 Å². The van der Waals surface area contributed by atoms with Crippen LogP contribution >= 0.6 is 0 Å². The smallest absolute Gasteiger partial charge is 0.322 e. The molecule has 0 spiro atoms. The van der Waals surface area contributed by atoms with Gasteiger partial charge in [0.15, 0.2) is 5.58 Å². The molecule has 3 aromatic rings. The number of hydrogen-bond donors (Lipinski definition) is 2. The number of benzene rings is 1. The van der Waals surface area contributed by atoms with Crippen LogP contribution in [0.3, 0.4) is 0 Å². The summed E-state index contributed by atoms with van der Waals surface area (Å²) in [5, 5.41) is 5.22. The van der Waals surface area contributed by atoms with Gasteiger partial charge in [-0.3, -0.25) is 5.32 Å². The Labute approximate surface area is 156 Å². The minimum atomic E-state index is -0.341. The number of hydrogen-bond acceptors (Lipinski definition) is 6. The number of oxazole rings is 1.